The minimum Gasteiger partial charge on any atom is -0.334 e. The predicted molar refractivity (Wildman–Crippen MR) is 63.4 cm³/mol. The molecule has 7 nitrogen and oxygen atoms in total. The number of carbonyl (C=O) groups is 1. The molecule has 1 N–H and O–H groups in total. The zero-order chi connectivity index (χ0) is 12.9. The van der Waals surface area contributed by atoms with E-state index in [9.17, 15) is 18.1 Å². The Morgan fingerprint density at radius 2 is 2.00 bits per heavy atom. The van der Waals surface area contributed by atoms with E-state index in [0.29, 0.717) is 17.9 Å². The topological polar surface area (TPSA) is 95.9 Å². The summed E-state index contributed by atoms with van der Waals surface area (Å²) in [5.41, 5.74) is 0. The summed E-state index contributed by atoms with van der Waals surface area (Å²) in [6, 6.07) is -0.865. The number of hydrogen-bond acceptors (Lipinski definition) is 5. The van der Waals surface area contributed by atoms with Crippen LogP contribution in [0.2, 0.25) is 0 Å². The molecule has 0 unspecified atom stereocenters. The maximum Gasteiger partial charge on any atom is 0.340 e. The van der Waals surface area contributed by atoms with Gasteiger partial charge in [0.15, 0.2) is 0 Å². The summed E-state index contributed by atoms with van der Waals surface area (Å²) in [5.74, 6) is 0.224. The summed E-state index contributed by atoms with van der Waals surface area (Å²) >= 11 is 5.40. The van der Waals surface area contributed by atoms with Crippen LogP contribution < -0.4 is 5.32 Å². The molecule has 1 heterocycles. The fourth-order valence-electron chi connectivity index (χ4n) is 1.54. The van der Waals surface area contributed by atoms with Crippen LogP contribution in [0.15, 0.2) is 5.29 Å². The Kier molecular flexibility index (Phi) is 5.13. The number of nitroso groups, excluding NO2 is 1. The van der Waals surface area contributed by atoms with Crippen molar-refractivity contribution in [2.75, 3.05) is 23.9 Å². The summed E-state index contributed by atoms with van der Waals surface area (Å²) < 4.78 is 22.3. The molecule has 0 aromatic heterocycles. The molecule has 1 fully saturated rings. The number of rotatable bonds is 4. The van der Waals surface area contributed by atoms with Crippen molar-refractivity contribution in [3.05, 3.63) is 4.91 Å². The van der Waals surface area contributed by atoms with Crippen LogP contribution in [0.3, 0.4) is 0 Å². The third-order valence-electron chi connectivity index (χ3n) is 2.51. The maximum absolute atomic E-state index is 11.5. The first-order valence-electron chi connectivity index (χ1n) is 5.16. The lowest BCUT2D eigenvalue weighted by Crippen LogP contribution is -2.46. The first-order valence-corrected chi connectivity index (χ1v) is 7.52. The van der Waals surface area contributed by atoms with E-state index in [-0.39, 0.29) is 30.0 Å². The molecule has 0 atom stereocenters. The van der Waals surface area contributed by atoms with Crippen molar-refractivity contribution >= 4 is 27.5 Å². The Hall–Kier alpha value is -0.890. The van der Waals surface area contributed by atoms with Crippen LogP contribution >= 0.6 is 11.6 Å². The summed E-state index contributed by atoms with van der Waals surface area (Å²) in [6.45, 7) is 0.0297. The number of nitrogens with one attached hydrogen (secondary N) is 1. The van der Waals surface area contributed by atoms with E-state index in [4.69, 9.17) is 11.6 Å². The molecule has 0 aliphatic carbocycles. The SMILES string of the molecule is O=NN(CCCl)C(=O)NC1CCS(=O)(=O)CC1. The number of hydrogen-bond donors (Lipinski definition) is 1. The number of alkyl halides is 1. The van der Waals surface area contributed by atoms with E-state index in [1.807, 2.05) is 0 Å². The van der Waals surface area contributed by atoms with Gasteiger partial charge in [-0.1, -0.05) is 0 Å². The highest BCUT2D eigenvalue weighted by molar-refractivity contribution is 7.91. The molecule has 0 spiro atoms. The van der Waals surface area contributed by atoms with E-state index in [1.54, 1.807) is 0 Å². The number of halogens is 1. The van der Waals surface area contributed by atoms with Crippen molar-refractivity contribution in [1.82, 2.24) is 10.3 Å². The minimum atomic E-state index is -2.96. The Labute approximate surface area is 104 Å². The van der Waals surface area contributed by atoms with Crippen molar-refractivity contribution in [2.45, 2.75) is 18.9 Å². The lowest BCUT2D eigenvalue weighted by molar-refractivity contribution is 0.197. The summed E-state index contributed by atoms with van der Waals surface area (Å²) in [7, 11) is -2.96. The average molecular weight is 284 g/mol. The van der Waals surface area contributed by atoms with Gasteiger partial charge in [-0.15, -0.1) is 16.5 Å². The van der Waals surface area contributed by atoms with Crippen LogP contribution in [0.25, 0.3) is 0 Å². The minimum absolute atomic E-state index is 0.0297. The Morgan fingerprint density at radius 1 is 1.41 bits per heavy atom. The molecular weight excluding hydrogens is 270 g/mol. The number of sulfone groups is 1. The lowest BCUT2D eigenvalue weighted by atomic mass is 10.2. The summed E-state index contributed by atoms with van der Waals surface area (Å²) in [6.07, 6.45) is 0.725. The zero-order valence-electron chi connectivity index (χ0n) is 9.13. The molecule has 0 aromatic rings. The molecule has 0 saturated carbocycles. The van der Waals surface area contributed by atoms with E-state index in [1.165, 1.54) is 0 Å². The molecule has 9 heteroatoms. The van der Waals surface area contributed by atoms with Gasteiger partial charge in [0.2, 0.25) is 0 Å². The molecule has 1 saturated heterocycles. The molecule has 1 rings (SSSR count). The summed E-state index contributed by atoms with van der Waals surface area (Å²) in [4.78, 5) is 21.8. The Bertz CT molecular complexity index is 372. The van der Waals surface area contributed by atoms with Gasteiger partial charge in [-0.25, -0.2) is 13.2 Å². The van der Waals surface area contributed by atoms with Crippen molar-refractivity contribution < 1.29 is 13.2 Å². The van der Waals surface area contributed by atoms with Gasteiger partial charge in [0, 0.05) is 11.9 Å². The second kappa shape index (κ2) is 6.15. The average Bonchev–Trinajstić information content (AvgIpc) is 2.28. The number of amides is 2. The molecular formula is C8H14ClN3O4S. The number of carbonyl (C=O) groups excluding carboxylic acids is 1. The van der Waals surface area contributed by atoms with Crippen molar-refractivity contribution in [3.63, 3.8) is 0 Å². The Morgan fingerprint density at radius 3 is 2.47 bits per heavy atom. The van der Waals surface area contributed by atoms with Gasteiger partial charge in [0.25, 0.3) is 0 Å². The van der Waals surface area contributed by atoms with Crippen LogP contribution in [-0.4, -0.2) is 49.4 Å². The second-order valence-electron chi connectivity index (χ2n) is 3.77. The quantitative estimate of drug-likeness (QED) is 0.461. The van der Waals surface area contributed by atoms with Crippen LogP contribution in [-0.2, 0) is 9.84 Å². The predicted octanol–water partition coefficient (Wildman–Crippen LogP) is 0.495. The van der Waals surface area contributed by atoms with Crippen LogP contribution in [0.4, 0.5) is 4.79 Å². The first-order chi connectivity index (χ1) is 7.98. The van der Waals surface area contributed by atoms with E-state index in [2.05, 4.69) is 10.6 Å². The van der Waals surface area contributed by atoms with Gasteiger partial charge in [-0.2, -0.15) is 5.01 Å². The normalized spacial score (nSPS) is 19.6. The van der Waals surface area contributed by atoms with E-state index in [0.717, 1.165) is 0 Å². The van der Waals surface area contributed by atoms with Crippen molar-refractivity contribution in [2.24, 2.45) is 5.29 Å². The molecule has 1 aliphatic rings. The van der Waals surface area contributed by atoms with Gasteiger partial charge < -0.3 is 5.32 Å². The highest BCUT2D eigenvalue weighted by Crippen LogP contribution is 2.12. The van der Waals surface area contributed by atoms with Crippen LogP contribution in [0.5, 0.6) is 0 Å². The second-order valence-corrected chi connectivity index (χ2v) is 6.45. The molecule has 98 valence electrons. The molecule has 17 heavy (non-hydrogen) atoms. The largest absolute Gasteiger partial charge is 0.340 e. The maximum atomic E-state index is 11.5. The van der Waals surface area contributed by atoms with Gasteiger partial charge in [0.1, 0.15) is 9.84 Å². The zero-order valence-corrected chi connectivity index (χ0v) is 10.7. The smallest absolute Gasteiger partial charge is 0.334 e. The van der Waals surface area contributed by atoms with E-state index >= 15 is 0 Å². The number of urea groups is 1. The monoisotopic (exact) mass is 283 g/mol. The van der Waals surface area contributed by atoms with Crippen LogP contribution in [0.1, 0.15) is 12.8 Å². The third-order valence-corrected chi connectivity index (χ3v) is 4.40. The highest BCUT2D eigenvalue weighted by atomic mass is 35.5. The standard InChI is InChI=1S/C8H14ClN3O4S/c9-3-4-12(11-14)8(13)10-7-1-5-17(15,16)6-2-7/h7H,1-6H2,(H,10,13). The first kappa shape index (κ1) is 14.2. The van der Waals surface area contributed by atoms with E-state index < -0.39 is 15.9 Å². The van der Waals surface area contributed by atoms with Gasteiger partial charge in [-0.3, -0.25) is 0 Å². The molecule has 0 aromatic carbocycles. The summed E-state index contributed by atoms with van der Waals surface area (Å²) in [5, 5.41) is 5.79. The highest BCUT2D eigenvalue weighted by Gasteiger charge is 2.26. The Balaban J connectivity index is 2.44. The van der Waals surface area contributed by atoms with Gasteiger partial charge in [-0.05, 0) is 12.8 Å². The third kappa shape index (κ3) is 4.47. The molecule has 2 amide bonds. The molecule has 0 bridgehead atoms. The fraction of sp³-hybridized carbons (Fsp3) is 0.875. The fourth-order valence-corrected chi connectivity index (χ4v) is 3.19. The van der Waals surface area contributed by atoms with Crippen molar-refractivity contribution in [1.29, 1.82) is 0 Å². The van der Waals surface area contributed by atoms with Crippen LogP contribution in [0, 0.1) is 4.91 Å². The lowest BCUT2D eigenvalue weighted by Gasteiger charge is -2.24. The van der Waals surface area contributed by atoms with Gasteiger partial charge in [0.05, 0.1) is 23.3 Å². The molecule has 0 radical (unpaired) electrons. The van der Waals surface area contributed by atoms with Gasteiger partial charge >= 0.3 is 6.03 Å². The molecule has 1 aliphatic heterocycles. The van der Waals surface area contributed by atoms with Crippen molar-refractivity contribution in [3.8, 4) is 0 Å². The number of nitrogens with zero attached hydrogens (tertiary/aromatic N) is 2.